The summed E-state index contributed by atoms with van der Waals surface area (Å²) >= 11 is 1.44. The van der Waals surface area contributed by atoms with Crippen LogP contribution in [-0.2, 0) is 10.5 Å². The Morgan fingerprint density at radius 3 is 2.67 bits per heavy atom. The maximum atomic E-state index is 12.4. The van der Waals surface area contributed by atoms with E-state index in [2.05, 4.69) is 5.32 Å². The lowest BCUT2D eigenvalue weighted by Crippen LogP contribution is -2.31. The monoisotopic (exact) mass is 386 g/mol. The van der Waals surface area contributed by atoms with Gasteiger partial charge >= 0.3 is 5.69 Å². The molecule has 1 N–H and O–H groups in total. The lowest BCUT2D eigenvalue weighted by molar-refractivity contribution is -0.385. The van der Waals surface area contributed by atoms with Gasteiger partial charge in [0.15, 0.2) is 5.75 Å². The fourth-order valence-electron chi connectivity index (χ4n) is 3.01. The van der Waals surface area contributed by atoms with Gasteiger partial charge in [-0.3, -0.25) is 14.9 Å². The summed E-state index contributed by atoms with van der Waals surface area (Å²) in [5.41, 5.74) is 1.88. The van der Waals surface area contributed by atoms with Crippen molar-refractivity contribution < 1.29 is 14.5 Å². The molecule has 2 aromatic carbocycles. The Balaban J connectivity index is 1.53. The van der Waals surface area contributed by atoms with E-state index in [0.717, 1.165) is 24.0 Å². The van der Waals surface area contributed by atoms with Gasteiger partial charge in [0.05, 0.1) is 23.8 Å². The van der Waals surface area contributed by atoms with Crippen LogP contribution in [0.2, 0.25) is 0 Å². The maximum Gasteiger partial charge on any atom is 0.311 e. The first kappa shape index (κ1) is 19.2. The molecule has 0 spiro atoms. The summed E-state index contributed by atoms with van der Waals surface area (Å²) in [5, 5.41) is 14.2. The van der Waals surface area contributed by atoms with Gasteiger partial charge in [-0.1, -0.05) is 36.4 Å². The highest BCUT2D eigenvalue weighted by Gasteiger charge is 2.33. The van der Waals surface area contributed by atoms with Gasteiger partial charge in [-0.15, -0.1) is 11.8 Å². The maximum absolute atomic E-state index is 12.4. The van der Waals surface area contributed by atoms with Crippen molar-refractivity contribution in [1.29, 1.82) is 0 Å². The number of hydrogen-bond acceptors (Lipinski definition) is 5. The molecule has 1 amide bonds. The lowest BCUT2D eigenvalue weighted by Gasteiger charge is -2.18. The number of nitro groups is 1. The Kier molecular flexibility index (Phi) is 6.34. The number of ether oxygens (including phenoxy) is 1. The highest BCUT2D eigenvalue weighted by Crippen LogP contribution is 2.41. The van der Waals surface area contributed by atoms with Crippen LogP contribution in [0, 0.1) is 16.0 Å². The van der Waals surface area contributed by atoms with Gasteiger partial charge in [0, 0.05) is 11.8 Å². The average Bonchev–Trinajstić information content (AvgIpc) is 3.51. The van der Waals surface area contributed by atoms with E-state index in [-0.39, 0.29) is 23.4 Å². The zero-order valence-corrected chi connectivity index (χ0v) is 15.9. The molecule has 2 aromatic rings. The fourth-order valence-corrected chi connectivity index (χ4v) is 3.79. The molecule has 142 valence electrons. The molecular formula is C20H22N2O4S. The molecule has 1 aliphatic carbocycles. The number of thioether (sulfide) groups is 1. The number of carbonyl (C=O) groups excluding carboxylic acids is 1. The Bertz CT molecular complexity index is 809. The van der Waals surface area contributed by atoms with Crippen LogP contribution in [0.4, 0.5) is 5.69 Å². The molecule has 1 unspecified atom stereocenters. The second-order valence-electron chi connectivity index (χ2n) is 6.55. The molecule has 7 heteroatoms. The number of benzene rings is 2. The molecule has 3 rings (SSSR count). The minimum absolute atomic E-state index is 0.0104. The van der Waals surface area contributed by atoms with Crippen molar-refractivity contribution in [1.82, 2.24) is 5.32 Å². The van der Waals surface area contributed by atoms with Crippen LogP contribution in [0.5, 0.6) is 5.75 Å². The number of carbonyl (C=O) groups is 1. The molecular weight excluding hydrogens is 364 g/mol. The second kappa shape index (κ2) is 8.90. The Hall–Kier alpha value is -2.54. The van der Waals surface area contributed by atoms with E-state index in [4.69, 9.17) is 4.74 Å². The minimum Gasteiger partial charge on any atom is -0.490 e. The number of nitrogens with one attached hydrogen (secondary N) is 1. The van der Waals surface area contributed by atoms with Crippen molar-refractivity contribution in [2.45, 2.75) is 24.6 Å². The summed E-state index contributed by atoms with van der Waals surface area (Å²) in [4.78, 5) is 23.0. The number of nitro benzene ring substituents is 1. The molecule has 1 saturated carbocycles. The van der Waals surface area contributed by atoms with Gasteiger partial charge in [0.1, 0.15) is 0 Å². The molecule has 27 heavy (non-hydrogen) atoms. The van der Waals surface area contributed by atoms with Crippen LogP contribution in [0.1, 0.15) is 30.0 Å². The predicted octanol–water partition coefficient (Wildman–Crippen LogP) is 4.10. The molecule has 1 fully saturated rings. The highest BCUT2D eigenvalue weighted by atomic mass is 32.2. The van der Waals surface area contributed by atoms with Gasteiger partial charge in [-0.25, -0.2) is 0 Å². The number of amides is 1. The third-order valence-electron chi connectivity index (χ3n) is 4.51. The Morgan fingerprint density at radius 2 is 2.04 bits per heavy atom. The number of hydrogen-bond donors (Lipinski definition) is 1. The van der Waals surface area contributed by atoms with Crippen molar-refractivity contribution in [2.75, 3.05) is 12.9 Å². The van der Waals surface area contributed by atoms with Crippen LogP contribution in [0.25, 0.3) is 0 Å². The zero-order valence-electron chi connectivity index (χ0n) is 15.1. The van der Waals surface area contributed by atoms with Crippen molar-refractivity contribution in [3.63, 3.8) is 0 Å². The first-order valence-electron chi connectivity index (χ1n) is 8.82. The van der Waals surface area contributed by atoms with Gasteiger partial charge < -0.3 is 10.1 Å². The van der Waals surface area contributed by atoms with Crippen molar-refractivity contribution in [2.24, 2.45) is 5.92 Å². The first-order chi connectivity index (χ1) is 13.1. The molecule has 0 aromatic heterocycles. The quantitative estimate of drug-likeness (QED) is 0.518. The van der Waals surface area contributed by atoms with E-state index in [1.807, 2.05) is 30.3 Å². The summed E-state index contributed by atoms with van der Waals surface area (Å²) in [5.74, 6) is 1.59. The van der Waals surface area contributed by atoms with E-state index >= 15 is 0 Å². The highest BCUT2D eigenvalue weighted by molar-refractivity contribution is 7.99. The Labute approximate surface area is 162 Å². The molecule has 0 saturated heterocycles. The molecule has 1 atom stereocenters. The molecule has 6 nitrogen and oxygen atoms in total. The summed E-state index contributed by atoms with van der Waals surface area (Å²) in [6.45, 7) is 0. The standard InChI is InChI=1S/C20H22N2O4S/c1-26-18-10-7-14(11-17(18)22(24)25)12-27-13-19(23)21-20(16-8-9-16)15-5-3-2-4-6-15/h2-7,10-11,16,20H,8-9,12-13H2,1H3,(H,21,23). The minimum atomic E-state index is -0.459. The largest absolute Gasteiger partial charge is 0.490 e. The van der Waals surface area contributed by atoms with Crippen LogP contribution in [0.3, 0.4) is 0 Å². The smallest absolute Gasteiger partial charge is 0.311 e. The lowest BCUT2D eigenvalue weighted by atomic mass is 10.0. The number of rotatable bonds is 9. The van der Waals surface area contributed by atoms with Gasteiger partial charge in [0.25, 0.3) is 0 Å². The van der Waals surface area contributed by atoms with Crippen LogP contribution in [-0.4, -0.2) is 23.7 Å². The third-order valence-corrected chi connectivity index (χ3v) is 5.51. The fraction of sp³-hybridized carbons (Fsp3) is 0.350. The Morgan fingerprint density at radius 1 is 1.30 bits per heavy atom. The van der Waals surface area contributed by atoms with Crippen molar-refractivity contribution in [3.05, 3.63) is 69.8 Å². The van der Waals surface area contributed by atoms with E-state index in [0.29, 0.717) is 17.4 Å². The van der Waals surface area contributed by atoms with Crippen molar-refractivity contribution in [3.8, 4) is 5.75 Å². The average molecular weight is 386 g/mol. The van der Waals surface area contributed by atoms with Crippen LogP contribution in [0.15, 0.2) is 48.5 Å². The molecule has 0 radical (unpaired) electrons. The van der Waals surface area contributed by atoms with E-state index < -0.39 is 4.92 Å². The number of nitrogens with zero attached hydrogens (tertiary/aromatic N) is 1. The topological polar surface area (TPSA) is 81.5 Å². The molecule has 0 bridgehead atoms. The summed E-state index contributed by atoms with van der Waals surface area (Å²) in [7, 11) is 1.41. The normalized spacial score (nSPS) is 14.4. The summed E-state index contributed by atoms with van der Waals surface area (Å²) in [6.07, 6.45) is 2.28. The van der Waals surface area contributed by atoms with Gasteiger partial charge in [-0.05, 0) is 36.0 Å². The summed E-state index contributed by atoms with van der Waals surface area (Å²) < 4.78 is 5.01. The molecule has 0 heterocycles. The van der Waals surface area contributed by atoms with Crippen LogP contribution < -0.4 is 10.1 Å². The SMILES string of the molecule is COc1ccc(CSCC(=O)NC(c2ccccc2)C2CC2)cc1[N+](=O)[O-]. The number of methoxy groups -OCH3 is 1. The van der Waals surface area contributed by atoms with E-state index in [1.54, 1.807) is 12.1 Å². The van der Waals surface area contributed by atoms with E-state index in [1.165, 1.54) is 24.9 Å². The van der Waals surface area contributed by atoms with Crippen LogP contribution >= 0.6 is 11.8 Å². The molecule has 1 aliphatic rings. The molecule has 0 aliphatic heterocycles. The summed E-state index contributed by atoms with van der Waals surface area (Å²) in [6, 6.07) is 15.0. The van der Waals surface area contributed by atoms with E-state index in [9.17, 15) is 14.9 Å². The predicted molar refractivity (Wildman–Crippen MR) is 106 cm³/mol. The van der Waals surface area contributed by atoms with Gasteiger partial charge in [-0.2, -0.15) is 0 Å². The zero-order chi connectivity index (χ0) is 19.2. The second-order valence-corrected chi connectivity index (χ2v) is 7.54. The third kappa shape index (κ3) is 5.23. The van der Waals surface area contributed by atoms with Gasteiger partial charge in [0.2, 0.25) is 5.91 Å². The first-order valence-corrected chi connectivity index (χ1v) is 9.97. The van der Waals surface area contributed by atoms with Crippen molar-refractivity contribution >= 4 is 23.4 Å².